The normalized spacial score (nSPS) is 14.5. The van der Waals surface area contributed by atoms with Gasteiger partial charge in [-0.3, -0.25) is 4.79 Å². The van der Waals surface area contributed by atoms with Crippen molar-refractivity contribution in [2.75, 3.05) is 12.9 Å². The van der Waals surface area contributed by atoms with Crippen LogP contribution in [-0.2, 0) is 6.54 Å². The summed E-state index contributed by atoms with van der Waals surface area (Å²) < 4.78 is 7.39. The first-order chi connectivity index (χ1) is 16.0. The zero-order valence-electron chi connectivity index (χ0n) is 19.8. The van der Waals surface area contributed by atoms with E-state index in [2.05, 4.69) is 40.7 Å². The Balaban J connectivity index is 1.45. The summed E-state index contributed by atoms with van der Waals surface area (Å²) in [6, 6.07) is 16.1. The zero-order valence-corrected chi connectivity index (χ0v) is 20.6. The molecule has 0 spiro atoms. The van der Waals surface area contributed by atoms with Crippen LogP contribution in [0.2, 0.25) is 0 Å². The summed E-state index contributed by atoms with van der Waals surface area (Å²) in [7, 11) is 1.66. The van der Waals surface area contributed by atoms with E-state index in [-0.39, 0.29) is 5.78 Å². The van der Waals surface area contributed by atoms with Crippen LogP contribution in [0.15, 0.2) is 53.7 Å². The number of nitrogens with zero attached hydrogens (tertiary/aromatic N) is 3. The molecular formula is C27H33N3O2S. The Kier molecular flexibility index (Phi) is 7.86. The van der Waals surface area contributed by atoms with E-state index in [1.54, 1.807) is 7.11 Å². The summed E-state index contributed by atoms with van der Waals surface area (Å²) in [6.07, 6.45) is 6.53. The monoisotopic (exact) mass is 463 g/mol. The molecule has 0 radical (unpaired) electrons. The molecule has 1 aliphatic carbocycles. The van der Waals surface area contributed by atoms with Gasteiger partial charge in [-0.2, -0.15) is 0 Å². The molecule has 1 aromatic heterocycles. The number of hydrogen-bond acceptors (Lipinski definition) is 5. The number of thioether (sulfide) groups is 1. The number of benzene rings is 2. The van der Waals surface area contributed by atoms with Gasteiger partial charge in [0, 0.05) is 17.7 Å². The van der Waals surface area contributed by atoms with Gasteiger partial charge < -0.3 is 9.30 Å². The van der Waals surface area contributed by atoms with Crippen LogP contribution in [0.4, 0.5) is 0 Å². The van der Waals surface area contributed by atoms with Crippen molar-refractivity contribution in [1.29, 1.82) is 0 Å². The van der Waals surface area contributed by atoms with E-state index < -0.39 is 0 Å². The molecule has 5 nitrogen and oxygen atoms in total. The van der Waals surface area contributed by atoms with Crippen molar-refractivity contribution >= 4 is 17.5 Å². The second-order valence-corrected chi connectivity index (χ2v) is 10.2. The number of ketones is 1. The smallest absolute Gasteiger partial charge is 0.191 e. The molecule has 0 saturated heterocycles. The standard InChI is InChI=1S/C27H33N3O2S/c1-19(2)17-30-26(23-13-15-24(32-3)16-14-23)28-29-27(30)33-18-25(31)22-11-9-21(10-12-22)20-7-5-4-6-8-20/h9-16,19-20H,4-8,17-18H2,1-3H3. The highest BCUT2D eigenvalue weighted by molar-refractivity contribution is 7.99. The number of carbonyl (C=O) groups excluding carboxylic acids is 1. The fourth-order valence-electron chi connectivity index (χ4n) is 4.47. The number of Topliss-reactive ketones (excluding diaryl/α,β-unsaturated/α-hetero) is 1. The SMILES string of the molecule is COc1ccc(-c2nnc(SCC(=O)c3ccc(C4CCCCC4)cc3)n2CC(C)C)cc1. The van der Waals surface area contributed by atoms with E-state index in [0.717, 1.165) is 34.4 Å². The van der Waals surface area contributed by atoms with Gasteiger partial charge in [0.05, 0.1) is 12.9 Å². The van der Waals surface area contributed by atoms with Crippen LogP contribution in [0.5, 0.6) is 5.75 Å². The van der Waals surface area contributed by atoms with Crippen molar-refractivity contribution in [2.45, 2.75) is 63.6 Å². The molecule has 0 atom stereocenters. The van der Waals surface area contributed by atoms with Crippen molar-refractivity contribution in [3.05, 3.63) is 59.7 Å². The van der Waals surface area contributed by atoms with Crippen LogP contribution in [0.25, 0.3) is 11.4 Å². The zero-order chi connectivity index (χ0) is 23.2. The van der Waals surface area contributed by atoms with Gasteiger partial charge in [-0.1, -0.05) is 69.1 Å². The molecule has 4 rings (SSSR count). The fraction of sp³-hybridized carbons (Fsp3) is 0.444. The molecule has 0 amide bonds. The Hall–Kier alpha value is -2.60. The predicted octanol–water partition coefficient (Wildman–Crippen LogP) is 6.63. The van der Waals surface area contributed by atoms with Gasteiger partial charge in [-0.15, -0.1) is 10.2 Å². The van der Waals surface area contributed by atoms with Crippen molar-refractivity contribution in [3.63, 3.8) is 0 Å². The second-order valence-electron chi connectivity index (χ2n) is 9.21. The maximum Gasteiger partial charge on any atom is 0.191 e. The topological polar surface area (TPSA) is 57.0 Å². The van der Waals surface area contributed by atoms with E-state index >= 15 is 0 Å². The molecule has 0 N–H and O–H groups in total. The number of hydrogen-bond donors (Lipinski definition) is 0. The Labute approximate surface area is 201 Å². The summed E-state index contributed by atoms with van der Waals surface area (Å²) in [5.74, 6) is 3.19. The Bertz CT molecular complexity index is 1050. The number of aromatic nitrogens is 3. The van der Waals surface area contributed by atoms with Crippen molar-refractivity contribution < 1.29 is 9.53 Å². The highest BCUT2D eigenvalue weighted by Crippen LogP contribution is 2.33. The molecule has 6 heteroatoms. The average molecular weight is 464 g/mol. The number of methoxy groups -OCH3 is 1. The van der Waals surface area contributed by atoms with Gasteiger partial charge in [-0.25, -0.2) is 0 Å². The van der Waals surface area contributed by atoms with Gasteiger partial charge in [-0.05, 0) is 54.5 Å². The second kappa shape index (κ2) is 11.0. The quantitative estimate of drug-likeness (QED) is 0.263. The minimum atomic E-state index is 0.125. The number of rotatable bonds is 9. The molecule has 33 heavy (non-hydrogen) atoms. The Morgan fingerprint density at radius 3 is 2.36 bits per heavy atom. The Morgan fingerprint density at radius 2 is 1.73 bits per heavy atom. The summed E-state index contributed by atoms with van der Waals surface area (Å²) >= 11 is 1.46. The van der Waals surface area contributed by atoms with E-state index in [4.69, 9.17) is 4.74 Å². The molecule has 1 aliphatic rings. The minimum Gasteiger partial charge on any atom is -0.497 e. The van der Waals surface area contributed by atoms with Gasteiger partial charge in [0.25, 0.3) is 0 Å². The van der Waals surface area contributed by atoms with Crippen molar-refractivity contribution in [2.24, 2.45) is 5.92 Å². The van der Waals surface area contributed by atoms with Crippen LogP contribution in [-0.4, -0.2) is 33.4 Å². The van der Waals surface area contributed by atoms with E-state index in [1.807, 2.05) is 36.4 Å². The molecule has 2 aromatic carbocycles. The van der Waals surface area contributed by atoms with Crippen LogP contribution in [0.1, 0.15) is 67.8 Å². The number of carbonyl (C=O) groups is 1. The summed E-state index contributed by atoms with van der Waals surface area (Å²) in [5.41, 5.74) is 3.13. The molecule has 0 bridgehead atoms. The van der Waals surface area contributed by atoms with Crippen LogP contribution in [0.3, 0.4) is 0 Å². The molecule has 1 fully saturated rings. The largest absolute Gasteiger partial charge is 0.497 e. The lowest BCUT2D eigenvalue weighted by Gasteiger charge is -2.22. The molecule has 0 unspecified atom stereocenters. The summed E-state index contributed by atoms with van der Waals surface area (Å²) in [5, 5.41) is 9.65. The first kappa shape index (κ1) is 23.6. The molecule has 0 aliphatic heterocycles. The van der Waals surface area contributed by atoms with Crippen LogP contribution >= 0.6 is 11.8 Å². The van der Waals surface area contributed by atoms with Gasteiger partial charge in [0.1, 0.15) is 5.75 Å². The fourth-order valence-corrected chi connectivity index (χ4v) is 5.31. The number of ether oxygens (including phenoxy) is 1. The first-order valence-corrected chi connectivity index (χ1v) is 12.9. The third kappa shape index (κ3) is 5.85. The van der Waals surface area contributed by atoms with Gasteiger partial charge >= 0.3 is 0 Å². The van der Waals surface area contributed by atoms with Gasteiger partial charge in [0.2, 0.25) is 0 Å². The van der Waals surface area contributed by atoms with Gasteiger partial charge in [0.15, 0.2) is 16.8 Å². The lowest BCUT2D eigenvalue weighted by molar-refractivity contribution is 0.102. The summed E-state index contributed by atoms with van der Waals surface area (Å²) in [6.45, 7) is 5.14. The highest BCUT2D eigenvalue weighted by Gasteiger charge is 2.19. The summed E-state index contributed by atoms with van der Waals surface area (Å²) in [4.78, 5) is 12.9. The average Bonchev–Trinajstić information content (AvgIpc) is 3.24. The first-order valence-electron chi connectivity index (χ1n) is 11.9. The third-order valence-electron chi connectivity index (χ3n) is 6.25. The van der Waals surface area contributed by atoms with Crippen LogP contribution < -0.4 is 4.74 Å². The minimum absolute atomic E-state index is 0.125. The van der Waals surface area contributed by atoms with Crippen molar-refractivity contribution in [3.8, 4) is 17.1 Å². The van der Waals surface area contributed by atoms with E-state index in [1.165, 1.54) is 49.4 Å². The third-order valence-corrected chi connectivity index (χ3v) is 7.22. The molecule has 1 saturated carbocycles. The lowest BCUT2D eigenvalue weighted by Crippen LogP contribution is -2.10. The molecule has 3 aromatic rings. The molecular weight excluding hydrogens is 430 g/mol. The van der Waals surface area contributed by atoms with Crippen molar-refractivity contribution in [1.82, 2.24) is 14.8 Å². The highest BCUT2D eigenvalue weighted by atomic mass is 32.2. The Morgan fingerprint density at radius 1 is 1.03 bits per heavy atom. The lowest BCUT2D eigenvalue weighted by atomic mass is 9.84. The maximum absolute atomic E-state index is 12.9. The van der Waals surface area contributed by atoms with E-state index in [9.17, 15) is 4.79 Å². The van der Waals surface area contributed by atoms with E-state index in [0.29, 0.717) is 17.6 Å². The molecule has 1 heterocycles. The van der Waals surface area contributed by atoms with Crippen LogP contribution in [0, 0.1) is 5.92 Å². The predicted molar refractivity (Wildman–Crippen MR) is 134 cm³/mol. The maximum atomic E-state index is 12.9. The molecule has 174 valence electrons.